The van der Waals surface area contributed by atoms with Crippen LogP contribution in [-0.2, 0) is 19.7 Å². The molecular formula is C19H20FN3O4S. The number of likely N-dealkylation sites (N-methyl/N-ethyl adjacent to an activating group) is 1. The number of morpholine rings is 1. The second kappa shape index (κ2) is 7.06. The summed E-state index contributed by atoms with van der Waals surface area (Å²) in [6.45, 7) is 2.54. The number of anilines is 2. The lowest BCUT2D eigenvalue weighted by molar-refractivity contribution is -0.123. The highest BCUT2D eigenvalue weighted by atomic mass is 32.2. The maximum Gasteiger partial charge on any atom is 0.328 e. The Balaban J connectivity index is 1.65. The topological polar surface area (TPSA) is 70.2 Å². The SMILES string of the molecule is CN1C(=O)CN(c2ccc(-c3cccc(N4CCOCC4)c3)cc2F)S1(=O)=O. The third-order valence-corrected chi connectivity index (χ3v) is 6.81. The number of nitrogens with zero attached hydrogens (tertiary/aromatic N) is 3. The number of carbonyl (C=O) groups is 1. The first-order chi connectivity index (χ1) is 13.4. The van der Waals surface area contributed by atoms with Gasteiger partial charge in [0.25, 0.3) is 5.91 Å². The van der Waals surface area contributed by atoms with Gasteiger partial charge in [-0.25, -0.2) is 13.0 Å². The van der Waals surface area contributed by atoms with Crippen molar-refractivity contribution in [2.24, 2.45) is 0 Å². The van der Waals surface area contributed by atoms with Crippen molar-refractivity contribution in [2.45, 2.75) is 0 Å². The molecule has 0 spiro atoms. The Morgan fingerprint density at radius 2 is 1.75 bits per heavy atom. The van der Waals surface area contributed by atoms with Gasteiger partial charge in [-0.05, 0) is 35.4 Å². The van der Waals surface area contributed by atoms with E-state index in [2.05, 4.69) is 4.90 Å². The standard InChI is InChI=1S/C19H20FN3O4S/c1-21-19(24)13-23(28(21,25)26)18-6-5-15(12-17(18)20)14-3-2-4-16(11-14)22-7-9-27-10-8-22/h2-6,11-12H,7-10,13H2,1H3. The molecule has 2 aromatic carbocycles. The number of carbonyl (C=O) groups excluding carboxylic acids is 1. The van der Waals surface area contributed by atoms with Crippen LogP contribution in [0.1, 0.15) is 0 Å². The zero-order valence-electron chi connectivity index (χ0n) is 15.3. The van der Waals surface area contributed by atoms with Gasteiger partial charge in [0.15, 0.2) is 0 Å². The Bertz CT molecular complexity index is 1020. The molecular weight excluding hydrogens is 385 g/mol. The number of halogens is 1. The summed E-state index contributed by atoms with van der Waals surface area (Å²) in [5, 5.41) is 0. The first-order valence-corrected chi connectivity index (χ1v) is 10.3. The summed E-state index contributed by atoms with van der Waals surface area (Å²) in [7, 11) is -2.86. The predicted octanol–water partition coefficient (Wildman–Crippen LogP) is 1.85. The Hall–Kier alpha value is -2.65. The minimum atomic E-state index is -4.03. The van der Waals surface area contributed by atoms with Gasteiger partial charge < -0.3 is 9.64 Å². The Morgan fingerprint density at radius 1 is 1.04 bits per heavy atom. The highest BCUT2D eigenvalue weighted by molar-refractivity contribution is 7.91. The van der Waals surface area contributed by atoms with Gasteiger partial charge >= 0.3 is 10.2 Å². The lowest BCUT2D eigenvalue weighted by Gasteiger charge is -2.29. The fraction of sp³-hybridized carbons (Fsp3) is 0.316. The molecule has 28 heavy (non-hydrogen) atoms. The summed E-state index contributed by atoms with van der Waals surface area (Å²) in [6.07, 6.45) is 0. The molecule has 2 aromatic rings. The third kappa shape index (κ3) is 3.20. The van der Waals surface area contributed by atoms with Crippen LogP contribution < -0.4 is 9.21 Å². The largest absolute Gasteiger partial charge is 0.378 e. The second-order valence-electron chi connectivity index (χ2n) is 6.69. The Kier molecular flexibility index (Phi) is 4.72. The number of amides is 1. The van der Waals surface area contributed by atoms with Gasteiger partial charge in [-0.3, -0.25) is 4.79 Å². The monoisotopic (exact) mass is 405 g/mol. The molecule has 9 heteroatoms. The summed E-state index contributed by atoms with van der Waals surface area (Å²) in [5.41, 5.74) is 2.35. The summed E-state index contributed by atoms with van der Waals surface area (Å²) in [4.78, 5) is 13.9. The van der Waals surface area contributed by atoms with Crippen molar-refractivity contribution in [1.29, 1.82) is 0 Å². The Labute approximate surface area is 163 Å². The van der Waals surface area contributed by atoms with Crippen LogP contribution in [0, 0.1) is 5.82 Å². The minimum absolute atomic E-state index is 0.134. The molecule has 0 aliphatic carbocycles. The normalized spacial score (nSPS) is 19.4. The molecule has 0 unspecified atom stereocenters. The van der Waals surface area contributed by atoms with Crippen LogP contribution in [-0.4, -0.2) is 58.5 Å². The molecule has 0 radical (unpaired) electrons. The van der Waals surface area contributed by atoms with Gasteiger partial charge in [-0.15, -0.1) is 0 Å². The maximum absolute atomic E-state index is 14.8. The van der Waals surface area contributed by atoms with E-state index < -0.39 is 28.5 Å². The first kappa shape index (κ1) is 18.7. The molecule has 2 saturated heterocycles. The minimum Gasteiger partial charge on any atom is -0.378 e. The first-order valence-electron chi connectivity index (χ1n) is 8.90. The van der Waals surface area contributed by atoms with Gasteiger partial charge in [0.1, 0.15) is 12.4 Å². The van der Waals surface area contributed by atoms with Crippen LogP contribution in [0.4, 0.5) is 15.8 Å². The van der Waals surface area contributed by atoms with Crippen molar-refractivity contribution in [2.75, 3.05) is 49.1 Å². The van der Waals surface area contributed by atoms with E-state index in [-0.39, 0.29) is 5.69 Å². The van der Waals surface area contributed by atoms with Crippen LogP contribution in [0.25, 0.3) is 11.1 Å². The predicted molar refractivity (Wildman–Crippen MR) is 104 cm³/mol. The van der Waals surface area contributed by atoms with E-state index in [0.717, 1.165) is 28.6 Å². The molecule has 0 saturated carbocycles. The molecule has 1 amide bonds. The van der Waals surface area contributed by atoms with E-state index in [1.807, 2.05) is 24.3 Å². The van der Waals surface area contributed by atoms with Crippen LogP contribution in [0.15, 0.2) is 42.5 Å². The van der Waals surface area contributed by atoms with Gasteiger partial charge in [-0.1, -0.05) is 18.2 Å². The zero-order chi connectivity index (χ0) is 19.9. The summed E-state index contributed by atoms with van der Waals surface area (Å²) in [5.74, 6) is -1.29. The summed E-state index contributed by atoms with van der Waals surface area (Å²) < 4.78 is 46.1. The van der Waals surface area contributed by atoms with Crippen molar-refractivity contribution < 1.29 is 22.3 Å². The van der Waals surface area contributed by atoms with Gasteiger partial charge in [-0.2, -0.15) is 8.42 Å². The number of hydrogen-bond donors (Lipinski definition) is 0. The molecule has 2 aliphatic heterocycles. The molecule has 2 fully saturated rings. The molecule has 148 valence electrons. The highest BCUT2D eigenvalue weighted by Crippen LogP contribution is 2.32. The molecule has 0 N–H and O–H groups in total. The van der Waals surface area contributed by atoms with Crippen LogP contribution in [0.3, 0.4) is 0 Å². The summed E-state index contributed by atoms with van der Waals surface area (Å²) >= 11 is 0. The zero-order valence-corrected chi connectivity index (χ0v) is 16.2. The molecule has 2 aliphatic rings. The van der Waals surface area contributed by atoms with E-state index in [1.54, 1.807) is 6.07 Å². The van der Waals surface area contributed by atoms with Crippen molar-refractivity contribution in [3.63, 3.8) is 0 Å². The number of benzene rings is 2. The van der Waals surface area contributed by atoms with E-state index in [4.69, 9.17) is 4.74 Å². The maximum atomic E-state index is 14.8. The van der Waals surface area contributed by atoms with Crippen molar-refractivity contribution in [3.8, 4) is 11.1 Å². The fourth-order valence-electron chi connectivity index (χ4n) is 3.38. The molecule has 7 nitrogen and oxygen atoms in total. The lowest BCUT2D eigenvalue weighted by atomic mass is 10.0. The van der Waals surface area contributed by atoms with E-state index in [9.17, 15) is 17.6 Å². The number of hydrogen-bond acceptors (Lipinski definition) is 5. The Morgan fingerprint density at radius 3 is 2.39 bits per heavy atom. The van der Waals surface area contributed by atoms with Crippen molar-refractivity contribution in [3.05, 3.63) is 48.3 Å². The number of rotatable bonds is 3. The third-order valence-electron chi connectivity index (χ3n) is 5.03. The molecule has 4 rings (SSSR count). The van der Waals surface area contributed by atoms with E-state index in [1.165, 1.54) is 19.2 Å². The highest BCUT2D eigenvalue weighted by Gasteiger charge is 2.41. The lowest BCUT2D eigenvalue weighted by Crippen LogP contribution is -2.36. The van der Waals surface area contributed by atoms with Crippen molar-refractivity contribution in [1.82, 2.24) is 4.31 Å². The van der Waals surface area contributed by atoms with Gasteiger partial charge in [0, 0.05) is 25.8 Å². The van der Waals surface area contributed by atoms with Gasteiger partial charge in [0.2, 0.25) is 0 Å². The summed E-state index contributed by atoms with van der Waals surface area (Å²) in [6, 6.07) is 12.1. The van der Waals surface area contributed by atoms with E-state index in [0.29, 0.717) is 23.1 Å². The van der Waals surface area contributed by atoms with Crippen molar-refractivity contribution >= 4 is 27.5 Å². The van der Waals surface area contributed by atoms with Crippen LogP contribution in [0.2, 0.25) is 0 Å². The average Bonchev–Trinajstić information content (AvgIpc) is 2.91. The number of ether oxygens (including phenoxy) is 1. The molecule has 0 bridgehead atoms. The smallest absolute Gasteiger partial charge is 0.328 e. The van der Waals surface area contributed by atoms with Gasteiger partial charge in [0.05, 0.1) is 18.9 Å². The molecule has 2 heterocycles. The second-order valence-corrected chi connectivity index (χ2v) is 8.58. The quantitative estimate of drug-likeness (QED) is 0.780. The van der Waals surface area contributed by atoms with Crippen LogP contribution >= 0.6 is 0 Å². The molecule has 0 aromatic heterocycles. The molecule has 0 atom stereocenters. The van der Waals surface area contributed by atoms with E-state index >= 15 is 0 Å². The average molecular weight is 405 g/mol. The van der Waals surface area contributed by atoms with Crippen LogP contribution in [0.5, 0.6) is 0 Å². The fourth-order valence-corrected chi connectivity index (χ4v) is 4.66.